The number of nitrogens with zero attached hydrogens (tertiary/aromatic N) is 3. The van der Waals surface area contributed by atoms with Crippen molar-refractivity contribution in [2.24, 2.45) is 11.1 Å². The van der Waals surface area contributed by atoms with Gasteiger partial charge in [-0.25, -0.2) is 18.2 Å². The van der Waals surface area contributed by atoms with Gasteiger partial charge in [0.1, 0.15) is 6.33 Å². The van der Waals surface area contributed by atoms with E-state index in [4.69, 9.17) is 9.88 Å². The lowest BCUT2D eigenvalue weighted by Gasteiger charge is -2.12. The molecule has 1 heterocycles. The molecule has 0 amide bonds. The number of nitrogens with two attached hydrogens (primary N) is 1. The van der Waals surface area contributed by atoms with E-state index < -0.39 is 10.0 Å². The first-order chi connectivity index (χ1) is 9.98. The summed E-state index contributed by atoms with van der Waals surface area (Å²) in [7, 11) is -3.50. The number of benzene rings is 1. The largest absolute Gasteiger partial charge is 0.462 e. The molecule has 8 heteroatoms. The fourth-order valence-corrected chi connectivity index (χ4v) is 2.81. The van der Waals surface area contributed by atoms with Gasteiger partial charge in [0.25, 0.3) is 0 Å². The number of hydrogen-bond acceptors (Lipinski definition) is 5. The average molecular weight is 310 g/mol. The molecule has 0 radical (unpaired) electrons. The molecule has 7 nitrogen and oxygen atoms in total. The molecular weight excluding hydrogens is 292 g/mol. The van der Waals surface area contributed by atoms with E-state index in [1.54, 1.807) is 11.0 Å². The fraction of sp³-hybridized carbons (Fsp3) is 0.385. The number of sulfonamides is 1. The standard InChI is InChI=1S/C13H18N4O3S/c1-2-11(9-21(14,18)19)8-20-13-15-10-17(16-13)12-6-4-3-5-7-12/h3-7,10-11H,2,8-9H2,1H3,(H2,14,18,19). The minimum Gasteiger partial charge on any atom is -0.462 e. The van der Waals surface area contributed by atoms with E-state index in [9.17, 15) is 8.42 Å². The minimum absolute atomic E-state index is 0.108. The van der Waals surface area contributed by atoms with Gasteiger partial charge in [-0.15, -0.1) is 5.10 Å². The molecule has 0 spiro atoms. The molecule has 0 saturated carbocycles. The van der Waals surface area contributed by atoms with E-state index in [1.807, 2.05) is 37.3 Å². The Morgan fingerprint density at radius 1 is 1.33 bits per heavy atom. The first-order valence-electron chi connectivity index (χ1n) is 6.58. The van der Waals surface area contributed by atoms with Crippen LogP contribution in [0.4, 0.5) is 0 Å². The van der Waals surface area contributed by atoms with Gasteiger partial charge in [0.05, 0.1) is 18.0 Å². The second-order valence-electron chi connectivity index (χ2n) is 4.72. The van der Waals surface area contributed by atoms with Gasteiger partial charge in [-0.3, -0.25) is 0 Å². The Kier molecular flexibility index (Phi) is 4.92. The summed E-state index contributed by atoms with van der Waals surface area (Å²) in [6.07, 6.45) is 2.20. The molecule has 0 aliphatic carbocycles. The Balaban J connectivity index is 1.97. The summed E-state index contributed by atoms with van der Waals surface area (Å²) in [5, 5.41) is 9.23. The van der Waals surface area contributed by atoms with Gasteiger partial charge in [0.2, 0.25) is 10.0 Å². The van der Waals surface area contributed by atoms with Crippen molar-refractivity contribution in [1.82, 2.24) is 14.8 Å². The molecular formula is C13H18N4O3S. The highest BCUT2D eigenvalue weighted by Gasteiger charge is 2.16. The van der Waals surface area contributed by atoms with Crippen LogP contribution in [0.2, 0.25) is 0 Å². The van der Waals surface area contributed by atoms with Crippen LogP contribution in [0.3, 0.4) is 0 Å². The number of primary sulfonamides is 1. The summed E-state index contributed by atoms with van der Waals surface area (Å²) in [4.78, 5) is 4.04. The van der Waals surface area contributed by atoms with Crippen LogP contribution in [-0.4, -0.2) is 35.5 Å². The maximum atomic E-state index is 11.1. The van der Waals surface area contributed by atoms with Crippen molar-refractivity contribution in [2.75, 3.05) is 12.4 Å². The number of hydrogen-bond donors (Lipinski definition) is 1. The fourth-order valence-electron chi connectivity index (χ4n) is 1.82. The Morgan fingerprint density at radius 3 is 2.67 bits per heavy atom. The Hall–Kier alpha value is -1.93. The number of rotatable bonds is 7. The predicted octanol–water partition coefficient (Wildman–Crippen LogP) is 0.961. The van der Waals surface area contributed by atoms with Gasteiger partial charge in [-0.05, 0) is 18.6 Å². The highest BCUT2D eigenvalue weighted by atomic mass is 32.2. The first-order valence-corrected chi connectivity index (χ1v) is 8.30. The van der Waals surface area contributed by atoms with E-state index >= 15 is 0 Å². The van der Waals surface area contributed by atoms with Crippen LogP contribution in [0, 0.1) is 5.92 Å². The molecule has 0 aliphatic heterocycles. The van der Waals surface area contributed by atoms with Gasteiger partial charge >= 0.3 is 6.01 Å². The third-order valence-electron chi connectivity index (χ3n) is 2.99. The summed E-state index contributed by atoms with van der Waals surface area (Å²) < 4.78 is 29.2. The normalized spacial score (nSPS) is 13.0. The molecule has 2 aromatic rings. The lowest BCUT2D eigenvalue weighted by molar-refractivity contribution is 0.239. The maximum absolute atomic E-state index is 11.1. The van der Waals surface area contributed by atoms with Gasteiger partial charge in [-0.1, -0.05) is 25.1 Å². The Bertz CT molecular complexity index is 670. The maximum Gasteiger partial charge on any atom is 0.335 e. The summed E-state index contributed by atoms with van der Waals surface area (Å²) in [5.74, 6) is -0.285. The van der Waals surface area contributed by atoms with Crippen LogP contribution in [0.1, 0.15) is 13.3 Å². The quantitative estimate of drug-likeness (QED) is 0.821. The van der Waals surface area contributed by atoms with E-state index in [0.29, 0.717) is 6.42 Å². The van der Waals surface area contributed by atoms with Crippen molar-refractivity contribution < 1.29 is 13.2 Å². The van der Waals surface area contributed by atoms with Crippen molar-refractivity contribution in [3.8, 4) is 11.7 Å². The highest BCUT2D eigenvalue weighted by molar-refractivity contribution is 7.89. The third-order valence-corrected chi connectivity index (χ3v) is 3.92. The minimum atomic E-state index is -3.50. The van der Waals surface area contributed by atoms with Gasteiger partial charge < -0.3 is 4.74 Å². The van der Waals surface area contributed by atoms with Crippen molar-refractivity contribution in [3.05, 3.63) is 36.7 Å². The molecule has 0 aliphatic rings. The Morgan fingerprint density at radius 2 is 2.05 bits per heavy atom. The zero-order chi connectivity index (χ0) is 15.3. The van der Waals surface area contributed by atoms with Crippen LogP contribution in [0.5, 0.6) is 6.01 Å². The zero-order valence-electron chi connectivity index (χ0n) is 11.7. The summed E-state index contributed by atoms with van der Waals surface area (Å²) in [6.45, 7) is 2.10. The molecule has 2 rings (SSSR count). The predicted molar refractivity (Wildman–Crippen MR) is 78.6 cm³/mol. The summed E-state index contributed by atoms with van der Waals surface area (Å²) >= 11 is 0. The van der Waals surface area contributed by atoms with Gasteiger partial charge in [0, 0.05) is 5.92 Å². The van der Waals surface area contributed by atoms with Crippen LogP contribution in [-0.2, 0) is 10.0 Å². The molecule has 21 heavy (non-hydrogen) atoms. The molecule has 1 aromatic heterocycles. The van der Waals surface area contributed by atoms with Crippen molar-refractivity contribution in [3.63, 3.8) is 0 Å². The number of ether oxygens (including phenoxy) is 1. The van der Waals surface area contributed by atoms with Crippen molar-refractivity contribution in [1.29, 1.82) is 0 Å². The second kappa shape index (κ2) is 6.68. The molecule has 1 aromatic carbocycles. The van der Waals surface area contributed by atoms with Gasteiger partial charge in [-0.2, -0.15) is 4.98 Å². The van der Waals surface area contributed by atoms with E-state index in [1.165, 1.54) is 0 Å². The Labute approximate surface area is 123 Å². The molecule has 114 valence electrons. The molecule has 0 fully saturated rings. The van der Waals surface area contributed by atoms with E-state index in [0.717, 1.165) is 5.69 Å². The highest BCUT2D eigenvalue weighted by Crippen LogP contribution is 2.11. The van der Waals surface area contributed by atoms with Crippen LogP contribution in [0.25, 0.3) is 5.69 Å². The number of para-hydroxylation sites is 1. The van der Waals surface area contributed by atoms with Crippen LogP contribution < -0.4 is 9.88 Å². The topological polar surface area (TPSA) is 100 Å². The summed E-state index contributed by atoms with van der Waals surface area (Å²) in [5.41, 5.74) is 0.872. The third kappa shape index (κ3) is 4.83. The smallest absolute Gasteiger partial charge is 0.335 e. The first kappa shape index (κ1) is 15.5. The summed E-state index contributed by atoms with van der Waals surface area (Å²) in [6, 6.07) is 9.72. The van der Waals surface area contributed by atoms with Crippen molar-refractivity contribution >= 4 is 10.0 Å². The monoisotopic (exact) mass is 310 g/mol. The zero-order valence-corrected chi connectivity index (χ0v) is 12.5. The van der Waals surface area contributed by atoms with Crippen LogP contribution >= 0.6 is 0 Å². The molecule has 2 N–H and O–H groups in total. The molecule has 0 saturated heterocycles. The van der Waals surface area contributed by atoms with Gasteiger partial charge in [0.15, 0.2) is 0 Å². The number of aromatic nitrogens is 3. The average Bonchev–Trinajstić information content (AvgIpc) is 2.92. The SMILES string of the molecule is CCC(COc1ncn(-c2ccccc2)n1)CS(N)(=O)=O. The molecule has 1 atom stereocenters. The molecule has 1 unspecified atom stereocenters. The van der Waals surface area contributed by atoms with E-state index in [-0.39, 0.29) is 24.3 Å². The lowest BCUT2D eigenvalue weighted by Crippen LogP contribution is -2.26. The van der Waals surface area contributed by atoms with Crippen molar-refractivity contribution in [2.45, 2.75) is 13.3 Å². The van der Waals surface area contributed by atoms with E-state index in [2.05, 4.69) is 10.1 Å². The lowest BCUT2D eigenvalue weighted by atomic mass is 10.1. The second-order valence-corrected chi connectivity index (χ2v) is 6.38. The van der Waals surface area contributed by atoms with Crippen LogP contribution in [0.15, 0.2) is 36.7 Å². The molecule has 0 bridgehead atoms.